The third-order valence-corrected chi connectivity index (χ3v) is 4.04. The molecule has 0 fully saturated rings. The molecule has 0 atom stereocenters. The van der Waals surface area contributed by atoms with Crippen molar-refractivity contribution in [2.45, 2.75) is 18.2 Å². The molecule has 0 aliphatic carbocycles. The molecule has 0 heterocycles. The number of ether oxygens (including phenoxy) is 2. The van der Waals surface area contributed by atoms with Gasteiger partial charge in [-0.05, 0) is 43.0 Å². The van der Waals surface area contributed by atoms with Crippen molar-refractivity contribution >= 4 is 23.4 Å². The molecule has 0 bridgehead atoms. The first-order valence-electron chi connectivity index (χ1n) is 7.44. The van der Waals surface area contributed by atoms with E-state index in [1.54, 1.807) is 37.1 Å². The van der Waals surface area contributed by atoms with Gasteiger partial charge in [-0.25, -0.2) is 0 Å². The Bertz CT molecular complexity index is 673. The number of para-hydroxylation sites is 1. The van der Waals surface area contributed by atoms with E-state index < -0.39 is 0 Å². The zero-order chi connectivity index (χ0) is 16.7. The van der Waals surface area contributed by atoms with E-state index >= 15 is 0 Å². The summed E-state index contributed by atoms with van der Waals surface area (Å²) in [5.74, 6) is 1.03. The monoisotopic (exact) mass is 331 g/mol. The highest BCUT2D eigenvalue weighted by Crippen LogP contribution is 2.29. The maximum atomic E-state index is 12.5. The van der Waals surface area contributed by atoms with E-state index in [0.29, 0.717) is 23.7 Å². The normalized spacial score (nSPS) is 10.2. The van der Waals surface area contributed by atoms with Crippen molar-refractivity contribution < 1.29 is 14.3 Å². The Morgan fingerprint density at radius 2 is 1.96 bits per heavy atom. The lowest BCUT2D eigenvalue weighted by molar-refractivity contribution is 0.102. The predicted molar refractivity (Wildman–Crippen MR) is 95.0 cm³/mol. The first-order chi connectivity index (χ1) is 11.2. The van der Waals surface area contributed by atoms with E-state index in [2.05, 4.69) is 5.32 Å². The minimum atomic E-state index is -0.174. The molecule has 2 rings (SSSR count). The Morgan fingerprint density at radius 1 is 1.17 bits per heavy atom. The summed E-state index contributed by atoms with van der Waals surface area (Å²) in [6, 6.07) is 12.9. The molecule has 0 aromatic heterocycles. The van der Waals surface area contributed by atoms with Crippen LogP contribution in [-0.2, 0) is 0 Å². The maximum Gasteiger partial charge on any atom is 0.255 e. The summed E-state index contributed by atoms with van der Waals surface area (Å²) in [7, 11) is 1.57. The second-order valence-corrected chi connectivity index (χ2v) is 5.72. The lowest BCUT2D eigenvalue weighted by Crippen LogP contribution is -2.12. The largest absolute Gasteiger partial charge is 0.493 e. The van der Waals surface area contributed by atoms with Crippen LogP contribution in [0.2, 0.25) is 0 Å². The quantitative estimate of drug-likeness (QED) is 0.761. The second kappa shape index (κ2) is 8.48. The van der Waals surface area contributed by atoms with Crippen molar-refractivity contribution in [1.29, 1.82) is 0 Å². The third-order valence-electron chi connectivity index (χ3n) is 3.24. The molecule has 0 aliphatic heterocycles. The smallest absolute Gasteiger partial charge is 0.255 e. The van der Waals surface area contributed by atoms with Gasteiger partial charge in [0.05, 0.1) is 19.4 Å². The summed E-state index contributed by atoms with van der Waals surface area (Å²) in [5.41, 5.74) is 1.33. The summed E-state index contributed by atoms with van der Waals surface area (Å²) in [6.45, 7) is 2.65. The summed E-state index contributed by atoms with van der Waals surface area (Å²) in [5, 5.41) is 2.94. The van der Waals surface area contributed by atoms with E-state index in [1.807, 2.05) is 37.4 Å². The molecule has 0 spiro atoms. The molecule has 5 heteroatoms. The number of thioether (sulfide) groups is 1. The number of amides is 1. The first-order valence-corrected chi connectivity index (χ1v) is 8.67. The third kappa shape index (κ3) is 4.42. The van der Waals surface area contributed by atoms with Gasteiger partial charge >= 0.3 is 0 Å². The molecular weight excluding hydrogens is 310 g/mol. The molecule has 2 aromatic rings. The van der Waals surface area contributed by atoms with Crippen LogP contribution in [0.1, 0.15) is 23.7 Å². The predicted octanol–water partition coefficient (Wildman–Crippen LogP) is 4.46. The van der Waals surface area contributed by atoms with Gasteiger partial charge in [-0.3, -0.25) is 4.79 Å². The molecule has 122 valence electrons. The molecule has 0 saturated carbocycles. The van der Waals surface area contributed by atoms with Gasteiger partial charge in [0.1, 0.15) is 0 Å². The fourth-order valence-electron chi connectivity index (χ4n) is 2.08. The fourth-order valence-corrected chi connectivity index (χ4v) is 2.64. The van der Waals surface area contributed by atoms with E-state index in [4.69, 9.17) is 9.47 Å². The van der Waals surface area contributed by atoms with Crippen LogP contribution in [-0.4, -0.2) is 25.9 Å². The minimum Gasteiger partial charge on any atom is -0.493 e. The van der Waals surface area contributed by atoms with Crippen LogP contribution in [0.5, 0.6) is 11.5 Å². The van der Waals surface area contributed by atoms with Crippen molar-refractivity contribution in [1.82, 2.24) is 0 Å². The Hall–Kier alpha value is -2.14. The van der Waals surface area contributed by atoms with Gasteiger partial charge < -0.3 is 14.8 Å². The number of benzene rings is 2. The van der Waals surface area contributed by atoms with Crippen molar-refractivity contribution in [2.75, 3.05) is 25.3 Å². The van der Waals surface area contributed by atoms with Crippen molar-refractivity contribution in [3.8, 4) is 11.5 Å². The van der Waals surface area contributed by atoms with Gasteiger partial charge in [0.2, 0.25) is 0 Å². The van der Waals surface area contributed by atoms with Crippen LogP contribution < -0.4 is 14.8 Å². The van der Waals surface area contributed by atoms with Crippen molar-refractivity contribution in [3.63, 3.8) is 0 Å². The summed E-state index contributed by atoms with van der Waals surface area (Å²) in [6.07, 6.45) is 2.89. The minimum absolute atomic E-state index is 0.174. The first kappa shape index (κ1) is 17.2. The molecule has 23 heavy (non-hydrogen) atoms. The Kier molecular flexibility index (Phi) is 6.35. The average molecular weight is 331 g/mol. The van der Waals surface area contributed by atoms with Gasteiger partial charge in [-0.15, -0.1) is 11.8 Å². The van der Waals surface area contributed by atoms with Crippen LogP contribution in [0.3, 0.4) is 0 Å². The summed E-state index contributed by atoms with van der Waals surface area (Å²) < 4.78 is 10.9. The lowest BCUT2D eigenvalue weighted by Gasteiger charge is -2.13. The molecule has 0 saturated heterocycles. The van der Waals surface area contributed by atoms with Crippen LogP contribution in [0, 0.1) is 0 Å². The van der Waals surface area contributed by atoms with E-state index in [-0.39, 0.29) is 5.91 Å². The fraction of sp³-hybridized carbons (Fsp3) is 0.278. The number of anilines is 1. The molecule has 1 N–H and O–H groups in total. The Balaban J connectivity index is 2.19. The maximum absolute atomic E-state index is 12.5. The van der Waals surface area contributed by atoms with Gasteiger partial charge in [-0.1, -0.05) is 19.1 Å². The van der Waals surface area contributed by atoms with Gasteiger partial charge in [0, 0.05) is 10.5 Å². The number of nitrogens with one attached hydrogen (secondary N) is 1. The topological polar surface area (TPSA) is 47.6 Å². The number of carbonyl (C=O) groups excluding carboxylic acids is 1. The highest BCUT2D eigenvalue weighted by molar-refractivity contribution is 7.98. The number of carbonyl (C=O) groups is 1. The molecule has 2 aromatic carbocycles. The Labute approximate surface area is 141 Å². The second-order valence-electron chi connectivity index (χ2n) is 4.87. The molecule has 0 unspecified atom stereocenters. The van der Waals surface area contributed by atoms with E-state index in [0.717, 1.165) is 17.0 Å². The van der Waals surface area contributed by atoms with Gasteiger partial charge in [0.15, 0.2) is 11.5 Å². The standard InChI is InChI=1S/C18H21NO3S/c1-4-11-22-15-10-9-13(12-16(15)21-2)18(20)19-14-7-5-6-8-17(14)23-3/h5-10,12H,4,11H2,1-3H3,(H,19,20). The molecule has 0 radical (unpaired) electrons. The highest BCUT2D eigenvalue weighted by atomic mass is 32.2. The molecule has 1 amide bonds. The van der Waals surface area contributed by atoms with Crippen LogP contribution in [0.25, 0.3) is 0 Å². The zero-order valence-electron chi connectivity index (χ0n) is 13.6. The summed E-state index contributed by atoms with van der Waals surface area (Å²) >= 11 is 1.59. The molecular formula is C18H21NO3S. The number of rotatable bonds is 7. The molecule has 0 aliphatic rings. The number of hydrogen-bond donors (Lipinski definition) is 1. The van der Waals surface area contributed by atoms with Crippen LogP contribution >= 0.6 is 11.8 Å². The SMILES string of the molecule is CCCOc1ccc(C(=O)Nc2ccccc2SC)cc1OC. The zero-order valence-corrected chi connectivity index (χ0v) is 14.4. The van der Waals surface area contributed by atoms with Crippen molar-refractivity contribution in [2.24, 2.45) is 0 Å². The highest BCUT2D eigenvalue weighted by Gasteiger charge is 2.12. The van der Waals surface area contributed by atoms with E-state index in [9.17, 15) is 4.79 Å². The summed E-state index contributed by atoms with van der Waals surface area (Å²) in [4.78, 5) is 13.5. The number of methoxy groups -OCH3 is 1. The van der Waals surface area contributed by atoms with E-state index in [1.165, 1.54) is 0 Å². The Morgan fingerprint density at radius 3 is 2.65 bits per heavy atom. The lowest BCUT2D eigenvalue weighted by atomic mass is 10.2. The van der Waals surface area contributed by atoms with Crippen LogP contribution in [0.4, 0.5) is 5.69 Å². The van der Waals surface area contributed by atoms with Gasteiger partial charge in [-0.2, -0.15) is 0 Å². The van der Waals surface area contributed by atoms with Gasteiger partial charge in [0.25, 0.3) is 5.91 Å². The van der Waals surface area contributed by atoms with Crippen molar-refractivity contribution in [3.05, 3.63) is 48.0 Å². The number of hydrogen-bond acceptors (Lipinski definition) is 4. The average Bonchev–Trinajstić information content (AvgIpc) is 2.60. The molecule has 4 nitrogen and oxygen atoms in total. The van der Waals surface area contributed by atoms with Crippen LogP contribution in [0.15, 0.2) is 47.4 Å².